The Bertz CT molecular complexity index is 166. The molecule has 74 valence electrons. The number of carbonyl (C=O) groups excluding carboxylic acids is 1. The lowest BCUT2D eigenvalue weighted by molar-refractivity contribution is 0.153. The van der Waals surface area contributed by atoms with E-state index in [-0.39, 0.29) is 12.0 Å². The van der Waals surface area contributed by atoms with Crippen LogP contribution in [-0.4, -0.2) is 19.8 Å². The van der Waals surface area contributed by atoms with Crippen molar-refractivity contribution in [1.82, 2.24) is 0 Å². The zero-order valence-corrected chi connectivity index (χ0v) is 8.88. The van der Waals surface area contributed by atoms with Crippen molar-refractivity contribution in [2.45, 2.75) is 45.6 Å². The van der Waals surface area contributed by atoms with Crippen molar-refractivity contribution in [2.24, 2.45) is 0 Å². The van der Waals surface area contributed by atoms with Gasteiger partial charge in [0.2, 0.25) is 13.7 Å². The van der Waals surface area contributed by atoms with E-state index in [1.807, 2.05) is 13.0 Å². The van der Waals surface area contributed by atoms with Crippen LogP contribution in [0.1, 0.15) is 39.5 Å². The minimum atomic E-state index is -0.217. The van der Waals surface area contributed by atoms with E-state index in [1.54, 1.807) is 0 Å². The van der Waals surface area contributed by atoms with Crippen LogP contribution in [0.15, 0.2) is 12.2 Å². The van der Waals surface area contributed by atoms with Gasteiger partial charge in [-0.2, -0.15) is 0 Å². The van der Waals surface area contributed by atoms with Crippen LogP contribution in [0.3, 0.4) is 0 Å². The van der Waals surface area contributed by atoms with Crippen molar-refractivity contribution in [3.8, 4) is 0 Å². The van der Waals surface area contributed by atoms with Crippen LogP contribution < -0.4 is 0 Å². The summed E-state index contributed by atoms with van der Waals surface area (Å²) in [6, 6.07) is 0. The van der Waals surface area contributed by atoms with Gasteiger partial charge in [0.05, 0.1) is 0 Å². The second-order valence-corrected chi connectivity index (χ2v) is 3.24. The van der Waals surface area contributed by atoms with Gasteiger partial charge < -0.3 is 4.74 Å². The number of unbranched alkanes of at least 4 members (excludes halogenated alkanes) is 3. The molecule has 0 spiro atoms. The molecule has 0 heterocycles. The normalized spacial score (nSPS) is 13.1. The van der Waals surface area contributed by atoms with Crippen LogP contribution >= 0.6 is 0 Å². The molecular weight excluding hydrogens is 163 g/mol. The number of rotatable bonds is 6. The lowest BCUT2D eigenvalue weighted by Gasteiger charge is -2.05. The Hall–Kier alpha value is -0.725. The molecule has 2 nitrogen and oxygen atoms in total. The van der Waals surface area contributed by atoms with Crippen LogP contribution in [0, 0.1) is 0 Å². The highest BCUT2D eigenvalue weighted by Crippen LogP contribution is 2.01. The largest absolute Gasteiger partial charge is 0.467 e. The molecule has 13 heavy (non-hydrogen) atoms. The van der Waals surface area contributed by atoms with E-state index in [0.717, 1.165) is 6.42 Å². The van der Waals surface area contributed by atoms with Gasteiger partial charge in [-0.15, -0.1) is 0 Å². The second kappa shape index (κ2) is 7.90. The zero-order valence-electron chi connectivity index (χ0n) is 8.88. The lowest BCUT2D eigenvalue weighted by Crippen LogP contribution is -2.10. The van der Waals surface area contributed by atoms with E-state index in [0.29, 0.717) is 0 Å². The molecule has 0 rings (SSSR count). The molecule has 0 amide bonds. The topological polar surface area (TPSA) is 26.3 Å². The Kier molecular flexibility index (Phi) is 7.46. The number of ether oxygens (including phenoxy) is 1. The first-order chi connectivity index (χ1) is 6.16. The van der Waals surface area contributed by atoms with Crippen LogP contribution in [0.5, 0.6) is 0 Å². The van der Waals surface area contributed by atoms with E-state index in [4.69, 9.17) is 4.74 Å². The summed E-state index contributed by atoms with van der Waals surface area (Å²) in [6.07, 6.45) is 8.76. The standard InChI is InChI=1S/C10H19BO2/c1-3-4-5-6-7-8-9(2)13-10(11)12/h7-9H,3-6,11H2,1-2H3/b8-7+. The molecule has 0 aromatic heterocycles. The molecule has 0 aromatic rings. The summed E-state index contributed by atoms with van der Waals surface area (Å²) in [6.45, 7) is 4.06. The van der Waals surface area contributed by atoms with Gasteiger partial charge >= 0.3 is 0 Å². The van der Waals surface area contributed by atoms with Crippen LogP contribution in [0.4, 0.5) is 4.79 Å². The third kappa shape index (κ3) is 9.19. The van der Waals surface area contributed by atoms with Crippen LogP contribution in [0.25, 0.3) is 0 Å². The predicted octanol–water partition coefficient (Wildman–Crippen LogP) is 2.28. The Morgan fingerprint density at radius 1 is 1.54 bits per heavy atom. The summed E-state index contributed by atoms with van der Waals surface area (Å²) in [5.74, 6) is -0.217. The Morgan fingerprint density at radius 3 is 2.77 bits per heavy atom. The highest BCUT2D eigenvalue weighted by molar-refractivity contribution is 6.55. The number of hydrogen-bond acceptors (Lipinski definition) is 2. The molecule has 0 saturated carbocycles. The number of allylic oxidation sites excluding steroid dienone is 1. The second-order valence-electron chi connectivity index (χ2n) is 3.24. The third-order valence-corrected chi connectivity index (χ3v) is 1.73. The summed E-state index contributed by atoms with van der Waals surface area (Å²) in [5, 5.41) is 0. The first-order valence-electron chi connectivity index (χ1n) is 5.00. The van der Waals surface area contributed by atoms with Crippen molar-refractivity contribution in [3.63, 3.8) is 0 Å². The van der Waals surface area contributed by atoms with Gasteiger partial charge in [-0.05, 0) is 25.8 Å². The Morgan fingerprint density at radius 2 is 2.23 bits per heavy atom. The molecule has 1 unspecified atom stereocenters. The third-order valence-electron chi connectivity index (χ3n) is 1.73. The molecular formula is C10H19BO2. The number of hydrogen-bond donors (Lipinski definition) is 0. The van der Waals surface area contributed by atoms with E-state index >= 15 is 0 Å². The van der Waals surface area contributed by atoms with Crippen LogP contribution in [-0.2, 0) is 4.74 Å². The van der Waals surface area contributed by atoms with Gasteiger partial charge in [-0.3, -0.25) is 4.79 Å². The summed E-state index contributed by atoms with van der Waals surface area (Å²) in [5.41, 5.74) is 0. The maximum Gasteiger partial charge on any atom is 0.243 e. The molecule has 0 aliphatic heterocycles. The lowest BCUT2D eigenvalue weighted by atomic mass is 10.1. The van der Waals surface area contributed by atoms with Crippen molar-refractivity contribution in [3.05, 3.63) is 12.2 Å². The minimum Gasteiger partial charge on any atom is -0.467 e. The van der Waals surface area contributed by atoms with E-state index in [2.05, 4.69) is 13.0 Å². The monoisotopic (exact) mass is 182 g/mol. The molecule has 0 saturated heterocycles. The van der Waals surface area contributed by atoms with Gasteiger partial charge in [0.15, 0.2) is 0 Å². The maximum atomic E-state index is 10.5. The predicted molar refractivity (Wildman–Crippen MR) is 57.8 cm³/mol. The van der Waals surface area contributed by atoms with Crippen molar-refractivity contribution in [1.29, 1.82) is 0 Å². The molecule has 0 N–H and O–H groups in total. The maximum absolute atomic E-state index is 10.5. The van der Waals surface area contributed by atoms with E-state index < -0.39 is 0 Å². The fourth-order valence-electron chi connectivity index (χ4n) is 1.10. The Balaban J connectivity index is 3.41. The molecule has 0 aromatic carbocycles. The van der Waals surface area contributed by atoms with Crippen molar-refractivity contribution >= 4 is 13.7 Å². The summed E-state index contributed by atoms with van der Waals surface area (Å²) >= 11 is 0. The molecule has 3 heteroatoms. The smallest absolute Gasteiger partial charge is 0.243 e. The first-order valence-corrected chi connectivity index (χ1v) is 5.00. The van der Waals surface area contributed by atoms with Gasteiger partial charge in [-0.1, -0.05) is 25.8 Å². The summed E-state index contributed by atoms with van der Waals surface area (Å²) < 4.78 is 4.93. The number of carbonyl (C=O) groups is 1. The first kappa shape index (κ1) is 12.3. The molecule has 0 aliphatic rings. The average molecular weight is 182 g/mol. The Labute approximate surface area is 81.8 Å². The van der Waals surface area contributed by atoms with Crippen molar-refractivity contribution in [2.75, 3.05) is 0 Å². The van der Waals surface area contributed by atoms with Crippen LogP contribution in [0.2, 0.25) is 0 Å². The van der Waals surface area contributed by atoms with Gasteiger partial charge in [-0.25, -0.2) is 0 Å². The fraction of sp³-hybridized carbons (Fsp3) is 0.700. The minimum absolute atomic E-state index is 0.0841. The average Bonchev–Trinajstić information content (AvgIpc) is 2.02. The van der Waals surface area contributed by atoms with Crippen molar-refractivity contribution < 1.29 is 9.53 Å². The highest BCUT2D eigenvalue weighted by Gasteiger charge is 1.98. The van der Waals surface area contributed by atoms with E-state index in [9.17, 15) is 4.79 Å². The fourth-order valence-corrected chi connectivity index (χ4v) is 1.10. The SMILES string of the molecule is BC(=O)OC(C)/C=C/CCCCC. The van der Waals surface area contributed by atoms with Gasteiger partial charge in [0, 0.05) is 0 Å². The zero-order chi connectivity index (χ0) is 10.1. The summed E-state index contributed by atoms with van der Waals surface area (Å²) in [7, 11) is 1.43. The van der Waals surface area contributed by atoms with Gasteiger partial charge in [0.25, 0.3) is 0 Å². The quantitative estimate of drug-likeness (QED) is 0.358. The van der Waals surface area contributed by atoms with Gasteiger partial charge in [0.1, 0.15) is 6.10 Å². The molecule has 0 aliphatic carbocycles. The highest BCUT2D eigenvalue weighted by atomic mass is 16.5. The molecule has 0 fully saturated rings. The molecule has 1 atom stereocenters. The summed E-state index contributed by atoms with van der Waals surface area (Å²) in [4.78, 5) is 10.5. The van der Waals surface area contributed by atoms with E-state index in [1.165, 1.54) is 27.1 Å². The molecule has 0 radical (unpaired) electrons. The molecule has 0 bridgehead atoms.